The summed E-state index contributed by atoms with van der Waals surface area (Å²) in [6, 6.07) is 5.72. The van der Waals surface area contributed by atoms with Gasteiger partial charge in [0.2, 0.25) is 0 Å². The van der Waals surface area contributed by atoms with E-state index in [4.69, 9.17) is 9.47 Å². The number of rotatable bonds is 3. The highest BCUT2D eigenvalue weighted by Gasteiger charge is 2.25. The molecule has 0 amide bonds. The lowest BCUT2D eigenvalue weighted by Gasteiger charge is -2.07. The van der Waals surface area contributed by atoms with Gasteiger partial charge in [-0.05, 0) is 25.1 Å². The number of ether oxygens (including phenoxy) is 2. The Balaban J connectivity index is 2.27. The normalized spacial score (nSPS) is 18.1. The first-order valence-electron chi connectivity index (χ1n) is 5.01. The predicted octanol–water partition coefficient (Wildman–Crippen LogP) is 2.15. The van der Waals surface area contributed by atoms with E-state index in [1.54, 1.807) is 14.0 Å². The second-order valence-electron chi connectivity index (χ2n) is 3.82. The molecule has 0 aromatic heterocycles. The zero-order chi connectivity index (χ0) is 10.8. The fraction of sp³-hybridized carbons (Fsp3) is 0.417. The molecule has 0 spiro atoms. The number of hydrogen-bond donors (Lipinski definition) is 0. The first kappa shape index (κ1) is 10.0. The minimum Gasteiger partial charge on any atom is -0.497 e. The molecular weight excluding hydrogens is 192 g/mol. The summed E-state index contributed by atoms with van der Waals surface area (Å²) >= 11 is 0. The third kappa shape index (κ3) is 1.96. The van der Waals surface area contributed by atoms with Crippen LogP contribution in [0, 0.1) is 0 Å². The molecule has 1 aliphatic rings. The zero-order valence-corrected chi connectivity index (χ0v) is 8.95. The van der Waals surface area contributed by atoms with Crippen molar-refractivity contribution < 1.29 is 14.3 Å². The zero-order valence-electron chi connectivity index (χ0n) is 8.95. The maximum absolute atomic E-state index is 11.1. The van der Waals surface area contributed by atoms with E-state index in [0.717, 1.165) is 17.1 Å². The second kappa shape index (κ2) is 3.93. The van der Waals surface area contributed by atoms with Crippen molar-refractivity contribution in [1.29, 1.82) is 0 Å². The Hall–Kier alpha value is -1.51. The summed E-state index contributed by atoms with van der Waals surface area (Å²) in [6.07, 6.45) is 0.542. The van der Waals surface area contributed by atoms with Crippen LogP contribution in [0.2, 0.25) is 0 Å². The van der Waals surface area contributed by atoms with Crippen LogP contribution in [0.1, 0.15) is 24.8 Å². The molecule has 0 saturated heterocycles. The molecular formula is C12H14O3. The van der Waals surface area contributed by atoms with Crippen molar-refractivity contribution in [3.8, 4) is 11.5 Å². The maximum Gasteiger partial charge on any atom is 0.130 e. The molecule has 0 fully saturated rings. The van der Waals surface area contributed by atoms with Crippen LogP contribution in [0.15, 0.2) is 18.2 Å². The van der Waals surface area contributed by atoms with Crippen LogP contribution in [0.4, 0.5) is 0 Å². The lowest BCUT2D eigenvalue weighted by atomic mass is 9.96. The topological polar surface area (TPSA) is 35.5 Å². The fourth-order valence-electron chi connectivity index (χ4n) is 1.90. The van der Waals surface area contributed by atoms with Gasteiger partial charge in [0, 0.05) is 17.9 Å². The Bertz CT molecular complexity index is 384. The highest BCUT2D eigenvalue weighted by molar-refractivity contribution is 5.76. The average Bonchev–Trinajstić information content (AvgIpc) is 2.60. The van der Waals surface area contributed by atoms with Crippen LogP contribution >= 0.6 is 0 Å². The predicted molar refractivity (Wildman–Crippen MR) is 56.5 cm³/mol. The molecule has 0 aliphatic carbocycles. The molecule has 15 heavy (non-hydrogen) atoms. The molecule has 80 valence electrons. The van der Waals surface area contributed by atoms with Crippen molar-refractivity contribution >= 4 is 5.78 Å². The first-order chi connectivity index (χ1) is 7.20. The lowest BCUT2D eigenvalue weighted by Crippen LogP contribution is -2.05. The van der Waals surface area contributed by atoms with Crippen molar-refractivity contribution in [2.75, 3.05) is 13.7 Å². The van der Waals surface area contributed by atoms with Crippen LogP contribution < -0.4 is 9.47 Å². The Morgan fingerprint density at radius 3 is 3.07 bits per heavy atom. The van der Waals surface area contributed by atoms with Gasteiger partial charge in [0.05, 0.1) is 13.7 Å². The Morgan fingerprint density at radius 1 is 1.60 bits per heavy atom. The Kier molecular flexibility index (Phi) is 2.62. The maximum atomic E-state index is 11.1. The summed E-state index contributed by atoms with van der Waals surface area (Å²) in [4.78, 5) is 11.1. The van der Waals surface area contributed by atoms with E-state index in [9.17, 15) is 4.79 Å². The highest BCUT2D eigenvalue weighted by atomic mass is 16.5. The van der Waals surface area contributed by atoms with Crippen LogP contribution in [-0.4, -0.2) is 19.5 Å². The van der Waals surface area contributed by atoms with E-state index in [1.807, 2.05) is 18.2 Å². The van der Waals surface area contributed by atoms with Gasteiger partial charge >= 0.3 is 0 Å². The molecule has 0 N–H and O–H groups in total. The number of methoxy groups -OCH3 is 1. The standard InChI is InChI=1S/C12H14O3/c1-8(13)5-9-7-15-12-4-3-10(14-2)6-11(9)12/h3-4,6,9H,5,7H2,1-2H3. The molecule has 1 aromatic carbocycles. The smallest absolute Gasteiger partial charge is 0.130 e. The summed E-state index contributed by atoms with van der Waals surface area (Å²) < 4.78 is 10.7. The third-order valence-electron chi connectivity index (χ3n) is 2.63. The molecule has 3 nitrogen and oxygen atoms in total. The van der Waals surface area contributed by atoms with E-state index < -0.39 is 0 Å². The average molecular weight is 206 g/mol. The number of fused-ring (bicyclic) bond motifs is 1. The van der Waals surface area contributed by atoms with Gasteiger partial charge in [-0.2, -0.15) is 0 Å². The van der Waals surface area contributed by atoms with E-state index in [0.29, 0.717) is 13.0 Å². The van der Waals surface area contributed by atoms with E-state index in [-0.39, 0.29) is 11.7 Å². The van der Waals surface area contributed by atoms with Gasteiger partial charge in [-0.1, -0.05) is 0 Å². The van der Waals surface area contributed by atoms with Crippen LogP contribution in [0.3, 0.4) is 0 Å². The van der Waals surface area contributed by atoms with Gasteiger partial charge in [-0.3, -0.25) is 0 Å². The van der Waals surface area contributed by atoms with Crippen molar-refractivity contribution in [2.24, 2.45) is 0 Å². The van der Waals surface area contributed by atoms with Gasteiger partial charge in [-0.25, -0.2) is 0 Å². The minimum absolute atomic E-state index is 0.188. The van der Waals surface area contributed by atoms with Crippen molar-refractivity contribution in [3.05, 3.63) is 23.8 Å². The summed E-state index contributed by atoms with van der Waals surface area (Å²) in [5, 5.41) is 0. The monoisotopic (exact) mass is 206 g/mol. The molecule has 2 rings (SSSR count). The van der Waals surface area contributed by atoms with E-state index in [1.165, 1.54) is 0 Å². The van der Waals surface area contributed by atoms with E-state index >= 15 is 0 Å². The Morgan fingerprint density at radius 2 is 2.40 bits per heavy atom. The summed E-state index contributed by atoms with van der Waals surface area (Å²) in [5.74, 6) is 2.07. The van der Waals surface area contributed by atoms with Gasteiger partial charge in [0.15, 0.2) is 0 Å². The van der Waals surface area contributed by atoms with Gasteiger partial charge < -0.3 is 14.3 Å². The SMILES string of the molecule is COc1ccc2c(c1)C(CC(C)=O)CO2. The summed E-state index contributed by atoms with van der Waals surface area (Å²) in [5.41, 5.74) is 1.09. The Labute approximate surface area is 89.0 Å². The van der Waals surface area contributed by atoms with Crippen LogP contribution in [-0.2, 0) is 4.79 Å². The molecule has 1 unspecified atom stereocenters. The largest absolute Gasteiger partial charge is 0.497 e. The van der Waals surface area contributed by atoms with Crippen molar-refractivity contribution in [2.45, 2.75) is 19.3 Å². The summed E-state index contributed by atoms with van der Waals surface area (Å²) in [6.45, 7) is 2.21. The molecule has 0 radical (unpaired) electrons. The number of Topliss-reactive ketones (excluding diaryl/α,β-unsaturated/α-hetero) is 1. The quantitative estimate of drug-likeness (QED) is 0.760. The second-order valence-corrected chi connectivity index (χ2v) is 3.82. The number of hydrogen-bond acceptors (Lipinski definition) is 3. The molecule has 3 heteroatoms. The number of carbonyl (C=O) groups excluding carboxylic acids is 1. The van der Waals surface area contributed by atoms with E-state index in [2.05, 4.69) is 0 Å². The van der Waals surface area contributed by atoms with Gasteiger partial charge in [0.1, 0.15) is 17.3 Å². The molecule has 0 bridgehead atoms. The highest BCUT2D eigenvalue weighted by Crippen LogP contribution is 2.38. The van der Waals surface area contributed by atoms with Crippen molar-refractivity contribution in [3.63, 3.8) is 0 Å². The molecule has 1 atom stereocenters. The molecule has 1 aliphatic heterocycles. The summed E-state index contributed by atoms with van der Waals surface area (Å²) in [7, 11) is 1.64. The lowest BCUT2D eigenvalue weighted by molar-refractivity contribution is -0.117. The first-order valence-corrected chi connectivity index (χ1v) is 5.01. The number of ketones is 1. The number of carbonyl (C=O) groups is 1. The number of benzene rings is 1. The fourth-order valence-corrected chi connectivity index (χ4v) is 1.90. The third-order valence-corrected chi connectivity index (χ3v) is 2.63. The van der Waals surface area contributed by atoms with Crippen molar-refractivity contribution in [1.82, 2.24) is 0 Å². The molecule has 1 aromatic rings. The van der Waals surface area contributed by atoms with Gasteiger partial charge in [-0.15, -0.1) is 0 Å². The molecule has 1 heterocycles. The molecule has 0 saturated carbocycles. The van der Waals surface area contributed by atoms with Gasteiger partial charge in [0.25, 0.3) is 0 Å². The van der Waals surface area contributed by atoms with Crippen LogP contribution in [0.5, 0.6) is 11.5 Å². The minimum atomic E-state index is 0.188. The van der Waals surface area contributed by atoms with Crippen LogP contribution in [0.25, 0.3) is 0 Å².